The van der Waals surface area contributed by atoms with E-state index in [0.717, 1.165) is 0 Å². The highest BCUT2D eigenvalue weighted by molar-refractivity contribution is 7.45. The van der Waals surface area contributed by atoms with E-state index in [1.54, 1.807) is 13.8 Å². The number of carbonyl (C=O) groups excluding carboxylic acids is 2. The predicted octanol–water partition coefficient (Wildman–Crippen LogP) is 0.469. The first-order valence-corrected chi connectivity index (χ1v) is 9.20. The van der Waals surface area contributed by atoms with E-state index in [1.165, 1.54) is 0 Å². The Labute approximate surface area is 143 Å². The molecule has 0 aliphatic rings. The first-order chi connectivity index (χ1) is 11.0. The molecule has 0 saturated heterocycles. The summed E-state index contributed by atoms with van der Waals surface area (Å²) in [5.74, 6) is -1.04. The average molecular weight is 369 g/mol. The van der Waals surface area contributed by atoms with Gasteiger partial charge in [0.1, 0.15) is 19.8 Å². The van der Waals surface area contributed by atoms with Crippen LogP contribution in [-0.2, 0) is 32.7 Å². The molecule has 0 aromatic heterocycles. The molecule has 0 saturated carbocycles. The van der Waals surface area contributed by atoms with Gasteiger partial charge in [-0.2, -0.15) is 0 Å². The molecule has 0 fully saturated rings. The van der Waals surface area contributed by atoms with Crippen LogP contribution in [0.3, 0.4) is 0 Å². The fraction of sp³-hybridized carbons (Fsp3) is 0.857. The van der Waals surface area contributed by atoms with Crippen LogP contribution in [0.4, 0.5) is 0 Å². The number of phosphoric acid groups is 1. The van der Waals surface area contributed by atoms with Crippen LogP contribution < -0.4 is 4.89 Å². The van der Waals surface area contributed by atoms with Crippen LogP contribution >= 0.6 is 7.82 Å². The van der Waals surface area contributed by atoms with E-state index in [1.807, 2.05) is 21.1 Å². The van der Waals surface area contributed by atoms with E-state index >= 15 is 0 Å². The second-order valence-electron chi connectivity index (χ2n) is 6.09. The molecule has 0 aromatic rings. The Bertz CT molecular complexity index is 449. The summed E-state index contributed by atoms with van der Waals surface area (Å²) in [6.07, 6.45) is -0.756. The van der Waals surface area contributed by atoms with E-state index in [9.17, 15) is 19.0 Å². The van der Waals surface area contributed by atoms with Crippen LogP contribution in [0.15, 0.2) is 0 Å². The van der Waals surface area contributed by atoms with Gasteiger partial charge in [0, 0.05) is 12.8 Å². The number of ether oxygens (including phenoxy) is 2. The van der Waals surface area contributed by atoms with Gasteiger partial charge in [0.2, 0.25) is 0 Å². The highest BCUT2D eigenvalue weighted by Gasteiger charge is 2.20. The third-order valence-electron chi connectivity index (χ3n) is 2.74. The summed E-state index contributed by atoms with van der Waals surface area (Å²) in [5.41, 5.74) is 0. The van der Waals surface area contributed by atoms with Crippen molar-refractivity contribution in [1.82, 2.24) is 0 Å². The Balaban J connectivity index is 4.46. The van der Waals surface area contributed by atoms with E-state index in [2.05, 4.69) is 0 Å². The Hall–Kier alpha value is -0.990. The third-order valence-corrected chi connectivity index (χ3v) is 3.70. The summed E-state index contributed by atoms with van der Waals surface area (Å²) in [7, 11) is 1.14. The van der Waals surface area contributed by atoms with Crippen molar-refractivity contribution in [2.75, 3.05) is 47.5 Å². The summed E-state index contributed by atoms with van der Waals surface area (Å²) >= 11 is 0. The molecule has 0 aromatic carbocycles. The number of likely N-dealkylation sites (N-methyl/N-ethyl adjacent to an activating group) is 1. The maximum absolute atomic E-state index is 11.7. The topological polar surface area (TPSA) is 111 Å². The lowest BCUT2D eigenvalue weighted by Crippen LogP contribution is -2.37. The van der Waals surface area contributed by atoms with E-state index in [4.69, 9.17) is 18.5 Å². The van der Waals surface area contributed by atoms with Crippen LogP contribution in [0.1, 0.15) is 26.7 Å². The molecule has 0 bridgehead atoms. The van der Waals surface area contributed by atoms with Gasteiger partial charge in [0.05, 0.1) is 27.7 Å². The highest BCUT2D eigenvalue weighted by atomic mass is 31.2. The Morgan fingerprint density at radius 3 is 2.12 bits per heavy atom. The molecule has 0 N–H and O–H groups in total. The molecule has 0 aliphatic carbocycles. The molecule has 0 spiro atoms. The zero-order chi connectivity index (χ0) is 18.8. The van der Waals surface area contributed by atoms with Crippen molar-refractivity contribution in [2.45, 2.75) is 32.8 Å². The van der Waals surface area contributed by atoms with Crippen LogP contribution in [0, 0.1) is 0 Å². The number of esters is 2. The average Bonchev–Trinajstić information content (AvgIpc) is 2.47. The monoisotopic (exact) mass is 369 g/mol. The van der Waals surface area contributed by atoms with Crippen molar-refractivity contribution < 1.29 is 42.1 Å². The minimum atomic E-state index is -4.53. The van der Waals surface area contributed by atoms with Crippen molar-refractivity contribution in [3.8, 4) is 0 Å². The first-order valence-electron chi connectivity index (χ1n) is 7.74. The second-order valence-corrected chi connectivity index (χ2v) is 7.50. The summed E-state index contributed by atoms with van der Waals surface area (Å²) in [6, 6.07) is 0. The number of hydrogen-bond acceptors (Lipinski definition) is 8. The largest absolute Gasteiger partial charge is 0.756 e. The maximum atomic E-state index is 11.7. The van der Waals surface area contributed by atoms with Crippen molar-refractivity contribution in [3.63, 3.8) is 0 Å². The Kier molecular flexibility index (Phi) is 10.3. The molecule has 0 rings (SSSR count). The van der Waals surface area contributed by atoms with Gasteiger partial charge >= 0.3 is 11.9 Å². The van der Waals surface area contributed by atoms with Crippen molar-refractivity contribution >= 4 is 19.8 Å². The smallest absolute Gasteiger partial charge is 0.305 e. The molecule has 1 unspecified atom stereocenters. The van der Waals surface area contributed by atoms with Gasteiger partial charge in [-0.1, -0.05) is 13.8 Å². The normalized spacial score (nSPS) is 15.4. The molecule has 0 aliphatic heterocycles. The molecular weight excluding hydrogens is 341 g/mol. The van der Waals surface area contributed by atoms with Gasteiger partial charge in [-0.15, -0.1) is 0 Å². The van der Waals surface area contributed by atoms with E-state index < -0.39 is 32.5 Å². The minimum Gasteiger partial charge on any atom is -0.756 e. The minimum absolute atomic E-state index is 0.0332. The van der Waals surface area contributed by atoms with Crippen LogP contribution in [-0.4, -0.2) is 70.0 Å². The quantitative estimate of drug-likeness (QED) is 0.277. The number of hydrogen-bond donors (Lipinski definition) is 0. The molecule has 2 atom stereocenters. The SMILES string of the molecule is CCC(=O)OC[C@H](COP(=O)([O-])OCC[N+](C)(C)C)OC(=O)CC. The van der Waals surface area contributed by atoms with Gasteiger partial charge in [-0.05, 0) is 0 Å². The van der Waals surface area contributed by atoms with E-state index in [0.29, 0.717) is 11.0 Å². The molecule has 9 nitrogen and oxygen atoms in total. The number of nitrogens with zero attached hydrogens (tertiary/aromatic N) is 1. The van der Waals surface area contributed by atoms with Gasteiger partial charge in [0.25, 0.3) is 7.82 Å². The zero-order valence-electron chi connectivity index (χ0n) is 15.0. The maximum Gasteiger partial charge on any atom is 0.305 e. The Morgan fingerprint density at radius 1 is 1.04 bits per heavy atom. The van der Waals surface area contributed by atoms with Crippen LogP contribution in [0.2, 0.25) is 0 Å². The highest BCUT2D eigenvalue weighted by Crippen LogP contribution is 2.38. The van der Waals surface area contributed by atoms with Gasteiger partial charge in [-0.25, -0.2) is 0 Å². The van der Waals surface area contributed by atoms with Gasteiger partial charge in [0.15, 0.2) is 6.10 Å². The molecule has 142 valence electrons. The lowest BCUT2D eigenvalue weighted by Gasteiger charge is -2.28. The summed E-state index contributed by atoms with van der Waals surface area (Å²) in [4.78, 5) is 34.2. The summed E-state index contributed by atoms with van der Waals surface area (Å²) in [5, 5.41) is 0. The standard InChI is InChI=1S/C14H28NO8P/c1-6-13(16)20-10-12(23-14(17)7-2)11-22-24(18,19)21-9-8-15(3,4)5/h12H,6-11H2,1-5H3/t12-/m1/s1. The molecule has 10 heteroatoms. The van der Waals surface area contributed by atoms with Crippen LogP contribution in [0.5, 0.6) is 0 Å². The Morgan fingerprint density at radius 2 is 1.62 bits per heavy atom. The lowest BCUT2D eigenvalue weighted by molar-refractivity contribution is -0.870. The van der Waals surface area contributed by atoms with E-state index in [-0.39, 0.29) is 26.1 Å². The molecule has 0 amide bonds. The number of quaternary nitrogens is 1. The molecule has 0 radical (unpaired) electrons. The molecule has 24 heavy (non-hydrogen) atoms. The van der Waals surface area contributed by atoms with Crippen molar-refractivity contribution in [1.29, 1.82) is 0 Å². The summed E-state index contributed by atoms with van der Waals surface area (Å²) in [6.45, 7) is 2.88. The van der Waals surface area contributed by atoms with Gasteiger partial charge < -0.3 is 27.9 Å². The predicted molar refractivity (Wildman–Crippen MR) is 83.8 cm³/mol. The second kappa shape index (κ2) is 10.8. The van der Waals surface area contributed by atoms with Gasteiger partial charge in [-0.3, -0.25) is 14.2 Å². The molecular formula is C14H28NO8P. The molecule has 0 heterocycles. The van der Waals surface area contributed by atoms with Crippen molar-refractivity contribution in [3.05, 3.63) is 0 Å². The summed E-state index contributed by atoms with van der Waals surface area (Å²) < 4.78 is 31.5. The third kappa shape index (κ3) is 12.4. The first kappa shape index (κ1) is 23.0. The fourth-order valence-corrected chi connectivity index (χ4v) is 2.04. The zero-order valence-corrected chi connectivity index (χ0v) is 15.9. The van der Waals surface area contributed by atoms with Crippen LogP contribution in [0.25, 0.3) is 0 Å². The number of rotatable bonds is 12. The van der Waals surface area contributed by atoms with Crippen molar-refractivity contribution in [2.24, 2.45) is 0 Å². The number of phosphoric ester groups is 1. The number of carbonyl (C=O) groups is 2. The fourth-order valence-electron chi connectivity index (χ4n) is 1.31. The lowest BCUT2D eigenvalue weighted by atomic mass is 10.4.